The molecule has 9 nitrogen and oxygen atoms in total. The van der Waals surface area contributed by atoms with Crippen LogP contribution in [0.15, 0.2) is 48.8 Å². The lowest BCUT2D eigenvalue weighted by molar-refractivity contribution is -0.138. The van der Waals surface area contributed by atoms with E-state index in [0.717, 1.165) is 23.1 Å². The van der Waals surface area contributed by atoms with E-state index < -0.39 is 54.2 Å². The SMILES string of the molecule is CC1CN(Cc2cc3c(c(C(F)(F)F)c2)CN(c2cc(-c4cc(C(F)(F)F)ccc4-c4nncn4C)cc(NCCCC#N)n2)C3=O)CCC1(F)F. The lowest BCUT2D eigenvalue weighted by Gasteiger charge is -2.36. The van der Waals surface area contributed by atoms with Crippen molar-refractivity contribution in [1.29, 1.82) is 5.26 Å². The number of pyridine rings is 1. The third-order valence-electron chi connectivity index (χ3n) is 9.30. The van der Waals surface area contributed by atoms with Crippen molar-refractivity contribution in [1.82, 2.24) is 24.6 Å². The first-order chi connectivity index (χ1) is 24.5. The fourth-order valence-electron chi connectivity index (χ4n) is 6.53. The molecule has 4 heterocycles. The molecule has 0 bridgehead atoms. The van der Waals surface area contributed by atoms with Gasteiger partial charge in [0.25, 0.3) is 11.8 Å². The summed E-state index contributed by atoms with van der Waals surface area (Å²) < 4.78 is 115. The van der Waals surface area contributed by atoms with Gasteiger partial charge in [-0.2, -0.15) is 31.6 Å². The molecule has 6 rings (SSSR count). The number of benzene rings is 2. The Morgan fingerprint density at radius 1 is 1.02 bits per heavy atom. The number of hydrogen-bond acceptors (Lipinski definition) is 7. The number of carbonyl (C=O) groups excluding carboxylic acids is 1. The Bertz CT molecular complexity index is 2030. The molecule has 0 aliphatic carbocycles. The number of likely N-dealkylation sites (tertiary alicyclic amines) is 1. The van der Waals surface area contributed by atoms with E-state index >= 15 is 0 Å². The zero-order valence-electron chi connectivity index (χ0n) is 27.9. The Balaban J connectivity index is 1.43. The van der Waals surface area contributed by atoms with E-state index in [2.05, 4.69) is 20.5 Å². The number of nitriles is 1. The number of aryl methyl sites for hydroxylation is 1. The maximum Gasteiger partial charge on any atom is 0.416 e. The number of aromatic nitrogens is 4. The highest BCUT2D eigenvalue weighted by molar-refractivity contribution is 6.10. The van der Waals surface area contributed by atoms with Gasteiger partial charge in [0.1, 0.15) is 18.0 Å². The van der Waals surface area contributed by atoms with Gasteiger partial charge in [-0.05, 0) is 71.1 Å². The van der Waals surface area contributed by atoms with Gasteiger partial charge in [0.2, 0.25) is 0 Å². The molecule has 2 aliphatic heterocycles. The summed E-state index contributed by atoms with van der Waals surface area (Å²) in [6.45, 7) is 0.884. The van der Waals surface area contributed by atoms with Gasteiger partial charge in [0.15, 0.2) is 5.82 Å². The first-order valence-electron chi connectivity index (χ1n) is 16.3. The summed E-state index contributed by atoms with van der Waals surface area (Å²) in [5.74, 6) is -4.53. The van der Waals surface area contributed by atoms with Crippen LogP contribution in [0.1, 0.15) is 58.8 Å². The highest BCUT2D eigenvalue weighted by Gasteiger charge is 2.43. The van der Waals surface area contributed by atoms with Gasteiger partial charge < -0.3 is 9.88 Å². The van der Waals surface area contributed by atoms with Crippen LogP contribution in [0.3, 0.4) is 0 Å². The number of fused-ring (bicyclic) bond motifs is 1. The molecule has 1 fully saturated rings. The summed E-state index contributed by atoms with van der Waals surface area (Å²) >= 11 is 0. The summed E-state index contributed by atoms with van der Waals surface area (Å²) in [6, 6.07) is 10.1. The third-order valence-corrected chi connectivity index (χ3v) is 9.30. The van der Waals surface area contributed by atoms with Crippen molar-refractivity contribution >= 4 is 17.5 Å². The van der Waals surface area contributed by atoms with E-state index in [1.807, 2.05) is 6.07 Å². The number of alkyl halides is 8. The number of carbonyl (C=O) groups is 1. The molecule has 1 N–H and O–H groups in total. The number of nitrogens with zero attached hydrogens (tertiary/aromatic N) is 7. The molecule has 52 heavy (non-hydrogen) atoms. The number of amides is 1. The lowest BCUT2D eigenvalue weighted by atomic mass is 9.94. The average Bonchev–Trinajstić information content (AvgIpc) is 3.65. The number of halogens is 8. The van der Waals surface area contributed by atoms with Crippen molar-refractivity contribution in [3.63, 3.8) is 0 Å². The number of nitrogens with one attached hydrogen (secondary N) is 1. The first-order valence-corrected chi connectivity index (χ1v) is 16.3. The second-order valence-corrected chi connectivity index (χ2v) is 13.0. The van der Waals surface area contributed by atoms with Crippen LogP contribution in [0.2, 0.25) is 0 Å². The normalized spacial score (nSPS) is 17.7. The van der Waals surface area contributed by atoms with Gasteiger partial charge in [-0.25, -0.2) is 13.8 Å². The second kappa shape index (κ2) is 13.8. The molecule has 1 atom stereocenters. The second-order valence-electron chi connectivity index (χ2n) is 13.0. The number of unbranched alkanes of at least 4 members (excludes halogenated alkanes) is 1. The molecule has 1 amide bonds. The first kappa shape index (κ1) is 36.7. The number of hydrogen-bond donors (Lipinski definition) is 1. The fraction of sp³-hybridized carbons (Fsp3) is 0.400. The Morgan fingerprint density at radius 2 is 1.79 bits per heavy atom. The summed E-state index contributed by atoms with van der Waals surface area (Å²) in [7, 11) is 1.60. The van der Waals surface area contributed by atoms with Gasteiger partial charge >= 0.3 is 12.4 Å². The minimum atomic E-state index is -4.87. The maximum atomic E-state index is 14.5. The van der Waals surface area contributed by atoms with E-state index in [9.17, 15) is 39.9 Å². The minimum Gasteiger partial charge on any atom is -0.370 e. The fourth-order valence-corrected chi connectivity index (χ4v) is 6.53. The summed E-state index contributed by atoms with van der Waals surface area (Å²) in [6.07, 6.45) is -8.12. The monoisotopic (exact) mass is 732 g/mol. The van der Waals surface area contributed by atoms with Crippen LogP contribution in [0.5, 0.6) is 0 Å². The van der Waals surface area contributed by atoms with Crippen LogP contribution in [0.4, 0.5) is 46.8 Å². The van der Waals surface area contributed by atoms with Crippen molar-refractivity contribution in [2.75, 3.05) is 29.9 Å². The molecular weight excluding hydrogens is 700 g/mol. The molecule has 2 aliphatic rings. The predicted octanol–water partition coefficient (Wildman–Crippen LogP) is 7.93. The van der Waals surface area contributed by atoms with Crippen LogP contribution in [0, 0.1) is 17.2 Å². The van der Waals surface area contributed by atoms with Gasteiger partial charge in [-0.15, -0.1) is 10.2 Å². The molecule has 274 valence electrons. The van der Waals surface area contributed by atoms with E-state index in [0.29, 0.717) is 6.42 Å². The molecule has 4 aromatic rings. The van der Waals surface area contributed by atoms with Gasteiger partial charge in [0.05, 0.1) is 23.7 Å². The van der Waals surface area contributed by atoms with Crippen molar-refractivity contribution in [2.24, 2.45) is 13.0 Å². The smallest absolute Gasteiger partial charge is 0.370 e. The van der Waals surface area contributed by atoms with Crippen LogP contribution in [-0.2, 0) is 32.5 Å². The molecule has 0 saturated carbocycles. The molecule has 1 saturated heterocycles. The van der Waals surface area contributed by atoms with E-state index in [1.54, 1.807) is 11.9 Å². The Kier molecular flexibility index (Phi) is 9.73. The molecule has 2 aromatic heterocycles. The van der Waals surface area contributed by atoms with Crippen molar-refractivity contribution < 1.29 is 39.9 Å². The maximum absolute atomic E-state index is 14.5. The Hall–Kier alpha value is -5.11. The highest BCUT2D eigenvalue weighted by Crippen LogP contribution is 2.43. The van der Waals surface area contributed by atoms with Crippen LogP contribution in [-0.4, -0.2) is 56.1 Å². The molecular formula is C35H32F8N8O. The number of anilines is 2. The topological polar surface area (TPSA) is 103 Å². The predicted molar refractivity (Wildman–Crippen MR) is 174 cm³/mol. The molecule has 1 unspecified atom stereocenters. The minimum absolute atomic E-state index is 0.0391. The lowest BCUT2D eigenvalue weighted by Crippen LogP contribution is -2.45. The van der Waals surface area contributed by atoms with E-state index in [1.165, 1.54) is 42.1 Å². The van der Waals surface area contributed by atoms with Gasteiger partial charge in [-0.3, -0.25) is 14.6 Å². The van der Waals surface area contributed by atoms with Gasteiger partial charge in [0, 0.05) is 63.1 Å². The zero-order valence-corrected chi connectivity index (χ0v) is 27.9. The summed E-state index contributed by atoms with van der Waals surface area (Å²) in [5.41, 5.74) is -2.02. The Labute approximate surface area is 292 Å². The highest BCUT2D eigenvalue weighted by atomic mass is 19.4. The van der Waals surface area contributed by atoms with Crippen LogP contribution >= 0.6 is 0 Å². The molecule has 0 spiro atoms. The molecule has 2 aromatic carbocycles. The quantitative estimate of drug-likeness (QED) is 0.138. The zero-order chi connectivity index (χ0) is 37.6. The van der Waals surface area contributed by atoms with E-state index in [-0.39, 0.29) is 83.4 Å². The van der Waals surface area contributed by atoms with Crippen molar-refractivity contribution in [3.8, 4) is 28.6 Å². The van der Waals surface area contributed by atoms with Crippen LogP contribution in [0.25, 0.3) is 22.5 Å². The van der Waals surface area contributed by atoms with Crippen molar-refractivity contribution in [3.05, 3.63) is 76.6 Å². The third kappa shape index (κ3) is 7.43. The summed E-state index contributed by atoms with van der Waals surface area (Å²) in [4.78, 5) is 21.1. The molecule has 17 heteroatoms. The van der Waals surface area contributed by atoms with Crippen LogP contribution < -0.4 is 10.2 Å². The summed E-state index contributed by atoms with van der Waals surface area (Å²) in [5, 5.41) is 19.8. The average molecular weight is 733 g/mol. The van der Waals surface area contributed by atoms with Crippen molar-refractivity contribution in [2.45, 2.75) is 57.6 Å². The number of rotatable bonds is 9. The number of piperidine rings is 1. The van der Waals surface area contributed by atoms with E-state index in [4.69, 9.17) is 5.26 Å². The largest absolute Gasteiger partial charge is 0.416 e. The molecule has 0 radical (unpaired) electrons. The Morgan fingerprint density at radius 3 is 2.44 bits per heavy atom. The standard InChI is InChI=1S/C35H32F8N8O/c1-20-16-50(10-7-33(20,36)37)17-21-11-26-27(28(12-21)35(41,42)43)18-51(32(26)52)30-14-22(13-29(47-30)45-9-4-3-8-44)25-15-23(34(38,39)40)5-6-24(25)31-48-46-19-49(31)2/h5-6,11-15,19-20H,3-4,7,9-10,16-18H2,1-2H3,(H,45,47). The van der Waals surface area contributed by atoms with Gasteiger partial charge in [-0.1, -0.05) is 6.92 Å².